The molecule has 2 rings (SSSR count). The highest BCUT2D eigenvalue weighted by atomic mass is 127. The third-order valence-electron chi connectivity index (χ3n) is 1.87. The van der Waals surface area contributed by atoms with E-state index in [-0.39, 0.29) is 5.97 Å². The maximum Gasteiger partial charge on any atom is 0.348 e. The Morgan fingerprint density at radius 1 is 1.67 bits per heavy atom. The van der Waals surface area contributed by atoms with Crippen molar-refractivity contribution in [2.75, 3.05) is 6.61 Å². The molecule has 2 aromatic rings. The monoisotopic (exact) mass is 333 g/mol. The smallest absolute Gasteiger partial charge is 0.348 e. The number of nitrogens with zero attached hydrogens (tertiary/aromatic N) is 1. The Balaban J connectivity index is 2.47. The van der Waals surface area contributed by atoms with Gasteiger partial charge in [-0.05, 0) is 41.6 Å². The van der Waals surface area contributed by atoms with Gasteiger partial charge in [-0.1, -0.05) is 0 Å². The lowest BCUT2D eigenvalue weighted by molar-refractivity contribution is 0.0532. The van der Waals surface area contributed by atoms with Crippen LogP contribution in [0.5, 0.6) is 0 Å². The molecular formula is C10H8INO2S. The molecule has 0 bridgehead atoms. The number of rotatable bonds is 2. The number of pyridine rings is 1. The van der Waals surface area contributed by atoms with Gasteiger partial charge in [-0.25, -0.2) is 9.78 Å². The summed E-state index contributed by atoms with van der Waals surface area (Å²) in [6.07, 6.45) is 1.75. The van der Waals surface area contributed by atoms with Crippen molar-refractivity contribution in [2.24, 2.45) is 0 Å². The van der Waals surface area contributed by atoms with Crippen LogP contribution in [0.4, 0.5) is 0 Å². The maximum absolute atomic E-state index is 11.5. The fraction of sp³-hybridized carbons (Fsp3) is 0.200. The van der Waals surface area contributed by atoms with E-state index in [0.29, 0.717) is 11.5 Å². The van der Waals surface area contributed by atoms with Gasteiger partial charge in [0.1, 0.15) is 8.58 Å². The third kappa shape index (κ3) is 2.12. The van der Waals surface area contributed by atoms with Crippen LogP contribution in [0.2, 0.25) is 0 Å². The first-order valence-electron chi connectivity index (χ1n) is 4.43. The average molecular weight is 333 g/mol. The summed E-state index contributed by atoms with van der Waals surface area (Å²) in [7, 11) is 0. The van der Waals surface area contributed by atoms with Gasteiger partial charge in [0.05, 0.1) is 6.61 Å². The molecule has 0 aliphatic carbocycles. The lowest BCUT2D eigenvalue weighted by Gasteiger charge is -1.95. The molecule has 2 heterocycles. The van der Waals surface area contributed by atoms with Crippen molar-refractivity contribution in [3.8, 4) is 0 Å². The average Bonchev–Trinajstić information content (AvgIpc) is 2.63. The Morgan fingerprint density at radius 2 is 2.47 bits per heavy atom. The minimum absolute atomic E-state index is 0.255. The fourth-order valence-electron chi connectivity index (χ4n) is 1.23. The van der Waals surface area contributed by atoms with Gasteiger partial charge < -0.3 is 4.74 Å². The highest BCUT2D eigenvalue weighted by Gasteiger charge is 2.12. The molecule has 2 aromatic heterocycles. The van der Waals surface area contributed by atoms with Crippen molar-refractivity contribution in [3.05, 3.63) is 26.9 Å². The molecule has 0 spiro atoms. The molecule has 78 valence electrons. The number of aromatic nitrogens is 1. The van der Waals surface area contributed by atoms with Gasteiger partial charge in [0.25, 0.3) is 0 Å². The molecule has 0 saturated heterocycles. The Morgan fingerprint density at radius 3 is 3.13 bits per heavy atom. The normalized spacial score (nSPS) is 10.5. The second-order valence-electron chi connectivity index (χ2n) is 2.84. The summed E-state index contributed by atoms with van der Waals surface area (Å²) >= 11 is 3.60. The molecule has 0 saturated carbocycles. The van der Waals surface area contributed by atoms with Gasteiger partial charge in [0.15, 0.2) is 0 Å². The summed E-state index contributed by atoms with van der Waals surface area (Å²) in [6, 6.07) is 3.75. The van der Waals surface area contributed by atoms with Crippen LogP contribution in [0.3, 0.4) is 0 Å². The molecule has 0 unspecified atom stereocenters. The fourth-order valence-corrected chi connectivity index (χ4v) is 2.97. The molecule has 5 heteroatoms. The van der Waals surface area contributed by atoms with E-state index in [4.69, 9.17) is 4.74 Å². The first-order valence-corrected chi connectivity index (χ1v) is 6.33. The molecule has 0 fully saturated rings. The van der Waals surface area contributed by atoms with Crippen LogP contribution >= 0.6 is 33.9 Å². The summed E-state index contributed by atoms with van der Waals surface area (Å²) in [5.41, 5.74) is 0. The number of fused-ring (bicyclic) bond motifs is 1. The van der Waals surface area contributed by atoms with Gasteiger partial charge >= 0.3 is 5.97 Å². The van der Waals surface area contributed by atoms with E-state index in [2.05, 4.69) is 27.6 Å². The summed E-state index contributed by atoms with van der Waals surface area (Å²) in [5, 5.41) is 1.02. The predicted octanol–water partition coefficient (Wildman–Crippen LogP) is 3.08. The minimum Gasteiger partial charge on any atom is -0.462 e. The third-order valence-corrected chi connectivity index (χ3v) is 3.81. The number of thiophene rings is 1. The number of ether oxygens (including phenoxy) is 1. The number of hydrogen-bond donors (Lipinski definition) is 0. The maximum atomic E-state index is 11.5. The van der Waals surface area contributed by atoms with Crippen LogP contribution in [0.25, 0.3) is 10.1 Å². The zero-order chi connectivity index (χ0) is 10.8. The molecule has 15 heavy (non-hydrogen) atoms. The van der Waals surface area contributed by atoms with E-state index in [1.54, 1.807) is 13.1 Å². The molecule has 0 N–H and O–H groups in total. The van der Waals surface area contributed by atoms with Crippen LogP contribution in [-0.4, -0.2) is 17.6 Å². The molecular weight excluding hydrogens is 325 g/mol. The second-order valence-corrected chi connectivity index (χ2v) is 4.95. The highest BCUT2D eigenvalue weighted by molar-refractivity contribution is 14.1. The number of esters is 1. The van der Waals surface area contributed by atoms with Crippen molar-refractivity contribution < 1.29 is 9.53 Å². The molecule has 0 aliphatic heterocycles. The van der Waals surface area contributed by atoms with Gasteiger partial charge in [0.2, 0.25) is 0 Å². The largest absolute Gasteiger partial charge is 0.462 e. The van der Waals surface area contributed by atoms with Crippen molar-refractivity contribution in [2.45, 2.75) is 6.92 Å². The summed E-state index contributed by atoms with van der Waals surface area (Å²) < 4.78 is 6.93. The van der Waals surface area contributed by atoms with Crippen molar-refractivity contribution >= 4 is 50.0 Å². The number of carbonyl (C=O) groups excluding carboxylic acids is 1. The lowest BCUT2D eigenvalue weighted by atomic mass is 10.3. The van der Waals surface area contributed by atoms with Crippen LogP contribution in [0, 0.1) is 3.70 Å². The van der Waals surface area contributed by atoms with Crippen molar-refractivity contribution in [1.82, 2.24) is 4.98 Å². The minimum atomic E-state index is -0.255. The zero-order valence-corrected chi connectivity index (χ0v) is 11.0. The summed E-state index contributed by atoms with van der Waals surface area (Å²) in [5.74, 6) is -0.255. The Kier molecular flexibility index (Phi) is 3.20. The summed E-state index contributed by atoms with van der Waals surface area (Å²) in [6.45, 7) is 2.21. The number of hydrogen-bond acceptors (Lipinski definition) is 4. The van der Waals surface area contributed by atoms with E-state index < -0.39 is 0 Å². The van der Waals surface area contributed by atoms with Gasteiger partial charge in [-0.2, -0.15) is 0 Å². The van der Waals surface area contributed by atoms with Crippen LogP contribution in [0.15, 0.2) is 18.3 Å². The van der Waals surface area contributed by atoms with Gasteiger partial charge in [-0.15, -0.1) is 11.3 Å². The van der Waals surface area contributed by atoms with Crippen LogP contribution in [0.1, 0.15) is 16.6 Å². The first kappa shape index (κ1) is 10.8. The van der Waals surface area contributed by atoms with Crippen LogP contribution < -0.4 is 0 Å². The first-order chi connectivity index (χ1) is 7.22. The molecule has 3 nitrogen and oxygen atoms in total. The topological polar surface area (TPSA) is 39.2 Å². The Hall–Kier alpha value is -0.690. The van der Waals surface area contributed by atoms with Gasteiger partial charge in [0, 0.05) is 16.3 Å². The number of carbonyl (C=O) groups is 1. The molecule has 0 atom stereocenters. The van der Waals surface area contributed by atoms with E-state index >= 15 is 0 Å². The Bertz CT molecular complexity index is 509. The van der Waals surface area contributed by atoms with Gasteiger partial charge in [-0.3, -0.25) is 0 Å². The van der Waals surface area contributed by atoms with E-state index in [1.807, 2.05) is 12.1 Å². The van der Waals surface area contributed by atoms with Crippen molar-refractivity contribution in [3.63, 3.8) is 0 Å². The summed E-state index contributed by atoms with van der Waals surface area (Å²) in [4.78, 5) is 16.3. The lowest BCUT2D eigenvalue weighted by Crippen LogP contribution is -2.01. The SMILES string of the molecule is CCOC(=O)c1cc2c(I)nccc2s1. The quantitative estimate of drug-likeness (QED) is 0.482. The molecule has 0 amide bonds. The number of halogens is 1. The molecule has 0 aliphatic rings. The highest BCUT2D eigenvalue weighted by Crippen LogP contribution is 2.28. The standard InChI is InChI=1S/C10H8INO2S/c1-2-14-10(13)8-5-6-7(15-8)3-4-12-9(6)11/h3-5H,2H2,1H3. The Labute approximate surface area is 105 Å². The molecule has 0 aromatic carbocycles. The van der Waals surface area contributed by atoms with Crippen LogP contribution in [-0.2, 0) is 4.74 Å². The molecule has 0 radical (unpaired) electrons. The van der Waals surface area contributed by atoms with E-state index in [9.17, 15) is 4.79 Å². The predicted molar refractivity (Wildman–Crippen MR) is 68.3 cm³/mol. The second kappa shape index (κ2) is 4.44. The zero-order valence-electron chi connectivity index (χ0n) is 7.99. The van der Waals surface area contributed by atoms with Crippen molar-refractivity contribution in [1.29, 1.82) is 0 Å². The van der Waals surface area contributed by atoms with E-state index in [1.165, 1.54) is 11.3 Å². The van der Waals surface area contributed by atoms with E-state index in [0.717, 1.165) is 13.8 Å².